The van der Waals surface area contributed by atoms with Gasteiger partial charge in [-0.2, -0.15) is 9.36 Å². The van der Waals surface area contributed by atoms with E-state index in [4.69, 9.17) is 4.98 Å². The minimum atomic E-state index is -0.115. The molecule has 0 unspecified atom stereocenters. The van der Waals surface area contributed by atoms with Crippen molar-refractivity contribution in [3.8, 4) is 11.4 Å². The SMILES string of the molecule is CC(=O)Nc1ccc(N2CCN(c3nc(-c4ccccc4)ns3)CC2)cn1. The molecule has 0 atom stereocenters. The first-order chi connectivity index (χ1) is 13.2. The molecule has 1 aliphatic rings. The van der Waals surface area contributed by atoms with Crippen molar-refractivity contribution in [2.24, 2.45) is 0 Å². The fourth-order valence-electron chi connectivity index (χ4n) is 3.03. The molecule has 27 heavy (non-hydrogen) atoms. The highest BCUT2D eigenvalue weighted by molar-refractivity contribution is 7.09. The van der Waals surface area contributed by atoms with Crippen LogP contribution in [0.5, 0.6) is 0 Å². The Morgan fingerprint density at radius 3 is 2.44 bits per heavy atom. The summed E-state index contributed by atoms with van der Waals surface area (Å²) in [5, 5.41) is 3.65. The molecule has 2 aromatic heterocycles. The minimum Gasteiger partial charge on any atom is -0.367 e. The van der Waals surface area contributed by atoms with Crippen LogP contribution >= 0.6 is 11.5 Å². The summed E-state index contributed by atoms with van der Waals surface area (Å²) < 4.78 is 4.50. The van der Waals surface area contributed by atoms with Gasteiger partial charge in [0.15, 0.2) is 5.82 Å². The Labute approximate surface area is 161 Å². The quantitative estimate of drug-likeness (QED) is 0.750. The first kappa shape index (κ1) is 17.4. The van der Waals surface area contributed by atoms with E-state index in [0.29, 0.717) is 5.82 Å². The Kier molecular flexibility index (Phi) is 4.97. The van der Waals surface area contributed by atoms with E-state index < -0.39 is 0 Å². The highest BCUT2D eigenvalue weighted by Gasteiger charge is 2.21. The normalized spacial score (nSPS) is 14.3. The Morgan fingerprint density at radius 2 is 1.78 bits per heavy atom. The summed E-state index contributed by atoms with van der Waals surface area (Å²) in [6.45, 7) is 5.03. The summed E-state index contributed by atoms with van der Waals surface area (Å²) in [6, 6.07) is 13.9. The van der Waals surface area contributed by atoms with E-state index in [0.717, 1.165) is 48.4 Å². The Balaban J connectivity index is 1.38. The second-order valence-electron chi connectivity index (χ2n) is 6.32. The van der Waals surface area contributed by atoms with E-state index in [1.807, 2.05) is 42.5 Å². The lowest BCUT2D eigenvalue weighted by molar-refractivity contribution is -0.114. The average Bonchev–Trinajstić information content (AvgIpc) is 3.19. The van der Waals surface area contributed by atoms with Gasteiger partial charge in [0, 0.05) is 50.2 Å². The smallest absolute Gasteiger partial charge is 0.222 e. The van der Waals surface area contributed by atoms with Crippen LogP contribution in [0.3, 0.4) is 0 Å². The molecule has 7 nitrogen and oxygen atoms in total. The van der Waals surface area contributed by atoms with Crippen LogP contribution in [0.4, 0.5) is 16.6 Å². The van der Waals surface area contributed by atoms with E-state index in [9.17, 15) is 4.79 Å². The van der Waals surface area contributed by atoms with Crippen molar-refractivity contribution in [3.05, 3.63) is 48.7 Å². The molecule has 8 heteroatoms. The maximum atomic E-state index is 11.1. The molecule has 1 saturated heterocycles. The van der Waals surface area contributed by atoms with E-state index in [2.05, 4.69) is 24.5 Å². The van der Waals surface area contributed by atoms with Gasteiger partial charge < -0.3 is 15.1 Å². The zero-order valence-corrected chi connectivity index (χ0v) is 15.8. The number of hydrogen-bond acceptors (Lipinski definition) is 7. The molecule has 0 aliphatic carbocycles. The van der Waals surface area contributed by atoms with E-state index >= 15 is 0 Å². The van der Waals surface area contributed by atoms with E-state index in [1.165, 1.54) is 18.5 Å². The van der Waals surface area contributed by atoms with Crippen molar-refractivity contribution in [1.82, 2.24) is 14.3 Å². The molecule has 0 bridgehead atoms. The van der Waals surface area contributed by atoms with Crippen LogP contribution in [0.1, 0.15) is 6.92 Å². The molecule has 1 aliphatic heterocycles. The molecule has 0 spiro atoms. The highest BCUT2D eigenvalue weighted by Crippen LogP contribution is 2.26. The van der Waals surface area contributed by atoms with Gasteiger partial charge in [-0.25, -0.2) is 4.98 Å². The molecule has 4 rings (SSSR count). The van der Waals surface area contributed by atoms with Crippen molar-refractivity contribution >= 4 is 34.1 Å². The summed E-state index contributed by atoms with van der Waals surface area (Å²) >= 11 is 1.45. The molecule has 138 valence electrons. The van der Waals surface area contributed by atoms with Gasteiger partial charge in [0.1, 0.15) is 5.82 Å². The third kappa shape index (κ3) is 4.06. The van der Waals surface area contributed by atoms with Crippen molar-refractivity contribution in [1.29, 1.82) is 0 Å². The number of rotatable bonds is 4. The number of nitrogens with one attached hydrogen (secondary N) is 1. The van der Waals surface area contributed by atoms with Gasteiger partial charge in [-0.05, 0) is 12.1 Å². The molecule has 0 radical (unpaired) electrons. The fourth-order valence-corrected chi connectivity index (χ4v) is 3.77. The molecule has 1 amide bonds. The lowest BCUT2D eigenvalue weighted by Crippen LogP contribution is -2.46. The van der Waals surface area contributed by atoms with E-state index in [1.54, 1.807) is 6.20 Å². The lowest BCUT2D eigenvalue weighted by Gasteiger charge is -2.35. The average molecular weight is 380 g/mol. The van der Waals surface area contributed by atoms with Crippen LogP contribution in [0.15, 0.2) is 48.7 Å². The molecule has 1 N–H and O–H groups in total. The number of carbonyl (C=O) groups excluding carboxylic acids is 1. The second-order valence-corrected chi connectivity index (χ2v) is 7.05. The molecule has 3 heterocycles. The largest absolute Gasteiger partial charge is 0.367 e. The molecular weight excluding hydrogens is 360 g/mol. The maximum absolute atomic E-state index is 11.1. The highest BCUT2D eigenvalue weighted by atomic mass is 32.1. The van der Waals surface area contributed by atoms with Crippen LogP contribution in [0, 0.1) is 0 Å². The number of aromatic nitrogens is 3. The number of carbonyl (C=O) groups is 1. The molecular formula is C19H20N6OS. The summed E-state index contributed by atoms with van der Waals surface area (Å²) in [7, 11) is 0. The van der Waals surface area contributed by atoms with Crippen LogP contribution < -0.4 is 15.1 Å². The number of hydrogen-bond donors (Lipinski definition) is 1. The fraction of sp³-hybridized carbons (Fsp3) is 0.263. The van der Waals surface area contributed by atoms with Gasteiger partial charge in [-0.3, -0.25) is 4.79 Å². The molecule has 1 aromatic carbocycles. The summed E-state index contributed by atoms with van der Waals surface area (Å²) in [5.74, 6) is 1.25. The molecule has 0 saturated carbocycles. The summed E-state index contributed by atoms with van der Waals surface area (Å²) in [6.07, 6.45) is 1.80. The number of nitrogens with zero attached hydrogens (tertiary/aromatic N) is 5. The monoisotopic (exact) mass is 380 g/mol. The number of amides is 1. The number of anilines is 3. The Bertz CT molecular complexity index is 903. The van der Waals surface area contributed by atoms with Gasteiger partial charge in [0.05, 0.1) is 11.9 Å². The predicted octanol–water partition coefficient (Wildman–Crippen LogP) is 2.89. The minimum absolute atomic E-state index is 0.115. The third-order valence-corrected chi connectivity index (χ3v) is 5.19. The zero-order valence-electron chi connectivity index (χ0n) is 15.0. The van der Waals surface area contributed by atoms with Gasteiger partial charge in [0.25, 0.3) is 0 Å². The van der Waals surface area contributed by atoms with Gasteiger partial charge in [-0.15, -0.1) is 0 Å². The van der Waals surface area contributed by atoms with Gasteiger partial charge in [0.2, 0.25) is 11.0 Å². The van der Waals surface area contributed by atoms with Crippen LogP contribution in [-0.4, -0.2) is 46.4 Å². The summed E-state index contributed by atoms with van der Waals surface area (Å²) in [5.41, 5.74) is 2.11. The van der Waals surface area contributed by atoms with E-state index in [-0.39, 0.29) is 5.91 Å². The van der Waals surface area contributed by atoms with Gasteiger partial charge >= 0.3 is 0 Å². The van der Waals surface area contributed by atoms with Crippen LogP contribution in [-0.2, 0) is 4.79 Å². The first-order valence-corrected chi connectivity index (χ1v) is 9.59. The van der Waals surface area contributed by atoms with Crippen LogP contribution in [0.2, 0.25) is 0 Å². The van der Waals surface area contributed by atoms with Gasteiger partial charge in [-0.1, -0.05) is 30.3 Å². The molecule has 3 aromatic rings. The van der Waals surface area contributed by atoms with Crippen molar-refractivity contribution in [2.75, 3.05) is 41.3 Å². The van der Waals surface area contributed by atoms with Crippen molar-refractivity contribution < 1.29 is 4.79 Å². The first-order valence-electron chi connectivity index (χ1n) is 8.82. The number of piperazine rings is 1. The number of benzene rings is 1. The maximum Gasteiger partial charge on any atom is 0.222 e. The number of pyridine rings is 1. The standard InChI is InChI=1S/C19H20N6OS/c1-14(26)21-17-8-7-16(13-20-17)24-9-11-25(12-10-24)19-22-18(23-27-19)15-5-3-2-4-6-15/h2-8,13H,9-12H2,1H3,(H,20,21,26). The second kappa shape index (κ2) is 7.71. The van der Waals surface area contributed by atoms with Crippen molar-refractivity contribution in [2.45, 2.75) is 6.92 Å². The Hall–Kier alpha value is -3.00. The topological polar surface area (TPSA) is 74.2 Å². The van der Waals surface area contributed by atoms with Crippen molar-refractivity contribution in [3.63, 3.8) is 0 Å². The molecule has 1 fully saturated rings. The van der Waals surface area contributed by atoms with Crippen LogP contribution in [0.25, 0.3) is 11.4 Å². The predicted molar refractivity (Wildman–Crippen MR) is 108 cm³/mol. The zero-order chi connectivity index (χ0) is 18.6. The lowest BCUT2D eigenvalue weighted by atomic mass is 10.2. The summed E-state index contributed by atoms with van der Waals surface area (Å²) in [4.78, 5) is 24.7. The Morgan fingerprint density at radius 1 is 1.04 bits per heavy atom. The third-order valence-electron chi connectivity index (χ3n) is 4.41.